The Balaban J connectivity index is 2.12. The van der Waals surface area contributed by atoms with Crippen LogP contribution in [0.2, 0.25) is 0 Å². The summed E-state index contributed by atoms with van der Waals surface area (Å²) >= 11 is 1.10. The SMILES string of the molecule is N=C(N)SCc1nc(-c2ccc(F)cc2)no1. The van der Waals surface area contributed by atoms with Gasteiger partial charge in [0.15, 0.2) is 5.17 Å². The Labute approximate surface area is 101 Å². The molecule has 0 aliphatic carbocycles. The third-order valence-corrected chi connectivity index (χ3v) is 2.62. The molecule has 5 nitrogen and oxygen atoms in total. The standard InChI is InChI=1S/C10H9FN4OS/c11-7-3-1-6(2-4-7)9-14-8(16-15-9)5-17-10(12)13/h1-4H,5H2,(H3,12,13). The highest BCUT2D eigenvalue weighted by Crippen LogP contribution is 2.18. The van der Waals surface area contributed by atoms with Crippen LogP contribution in [0.4, 0.5) is 4.39 Å². The number of nitrogens with two attached hydrogens (primary N) is 1. The smallest absolute Gasteiger partial charge is 0.237 e. The highest BCUT2D eigenvalue weighted by Gasteiger charge is 2.09. The lowest BCUT2D eigenvalue weighted by molar-refractivity contribution is 0.392. The Bertz CT molecular complexity index is 525. The zero-order chi connectivity index (χ0) is 12.3. The second kappa shape index (κ2) is 4.96. The number of halogens is 1. The minimum Gasteiger partial charge on any atom is -0.379 e. The summed E-state index contributed by atoms with van der Waals surface area (Å²) in [5.41, 5.74) is 5.86. The first-order chi connectivity index (χ1) is 8.15. The van der Waals surface area contributed by atoms with Gasteiger partial charge in [-0.15, -0.1) is 0 Å². The number of hydrogen-bond donors (Lipinski definition) is 2. The highest BCUT2D eigenvalue weighted by atomic mass is 32.2. The third-order valence-electron chi connectivity index (χ3n) is 1.92. The van der Waals surface area contributed by atoms with E-state index in [1.54, 1.807) is 12.1 Å². The van der Waals surface area contributed by atoms with Gasteiger partial charge in [0.25, 0.3) is 0 Å². The van der Waals surface area contributed by atoms with Crippen molar-refractivity contribution < 1.29 is 8.91 Å². The van der Waals surface area contributed by atoms with Crippen LogP contribution in [0.5, 0.6) is 0 Å². The molecule has 0 bridgehead atoms. The Hall–Kier alpha value is -1.89. The van der Waals surface area contributed by atoms with Crippen LogP contribution in [-0.4, -0.2) is 15.3 Å². The number of nitrogens with one attached hydrogen (secondary N) is 1. The third kappa shape index (κ3) is 3.04. The van der Waals surface area contributed by atoms with Gasteiger partial charge < -0.3 is 10.3 Å². The first kappa shape index (κ1) is 11.6. The number of aromatic nitrogens is 2. The fourth-order valence-corrected chi connectivity index (χ4v) is 1.57. The molecule has 1 aromatic carbocycles. The summed E-state index contributed by atoms with van der Waals surface area (Å²) < 4.78 is 17.7. The summed E-state index contributed by atoms with van der Waals surface area (Å²) in [6.45, 7) is 0. The van der Waals surface area contributed by atoms with E-state index in [4.69, 9.17) is 15.7 Å². The summed E-state index contributed by atoms with van der Waals surface area (Å²) in [5, 5.41) is 10.8. The van der Waals surface area contributed by atoms with Crippen molar-refractivity contribution in [1.29, 1.82) is 5.41 Å². The zero-order valence-corrected chi connectivity index (χ0v) is 9.50. The van der Waals surface area contributed by atoms with E-state index >= 15 is 0 Å². The summed E-state index contributed by atoms with van der Waals surface area (Å²) in [6, 6.07) is 5.80. The molecule has 0 aliphatic heterocycles. The van der Waals surface area contributed by atoms with E-state index in [9.17, 15) is 4.39 Å². The van der Waals surface area contributed by atoms with Gasteiger partial charge in [-0.25, -0.2) is 4.39 Å². The monoisotopic (exact) mass is 252 g/mol. The lowest BCUT2D eigenvalue weighted by Gasteiger charge is -1.93. The van der Waals surface area contributed by atoms with Crippen molar-refractivity contribution in [3.05, 3.63) is 36.0 Å². The average Bonchev–Trinajstić information content (AvgIpc) is 2.76. The Morgan fingerprint density at radius 1 is 1.41 bits per heavy atom. The Morgan fingerprint density at radius 2 is 2.12 bits per heavy atom. The fourth-order valence-electron chi connectivity index (χ4n) is 1.17. The van der Waals surface area contributed by atoms with Gasteiger partial charge >= 0.3 is 0 Å². The van der Waals surface area contributed by atoms with Crippen LogP contribution in [0.1, 0.15) is 5.89 Å². The number of amidine groups is 1. The zero-order valence-electron chi connectivity index (χ0n) is 8.68. The molecular weight excluding hydrogens is 243 g/mol. The van der Waals surface area contributed by atoms with E-state index in [2.05, 4.69) is 10.1 Å². The van der Waals surface area contributed by atoms with Crippen molar-refractivity contribution in [3.8, 4) is 11.4 Å². The fraction of sp³-hybridized carbons (Fsp3) is 0.100. The van der Waals surface area contributed by atoms with Crippen LogP contribution in [0.25, 0.3) is 11.4 Å². The van der Waals surface area contributed by atoms with Crippen LogP contribution in [-0.2, 0) is 5.75 Å². The van der Waals surface area contributed by atoms with Crippen molar-refractivity contribution >= 4 is 16.9 Å². The molecule has 0 amide bonds. The molecule has 88 valence electrons. The van der Waals surface area contributed by atoms with Crippen LogP contribution < -0.4 is 5.73 Å². The van der Waals surface area contributed by atoms with Crippen molar-refractivity contribution in [2.24, 2.45) is 5.73 Å². The van der Waals surface area contributed by atoms with E-state index in [1.165, 1.54) is 12.1 Å². The highest BCUT2D eigenvalue weighted by molar-refractivity contribution is 8.12. The van der Waals surface area contributed by atoms with Crippen LogP contribution >= 0.6 is 11.8 Å². The molecule has 0 unspecified atom stereocenters. The lowest BCUT2D eigenvalue weighted by Crippen LogP contribution is -2.03. The van der Waals surface area contributed by atoms with E-state index in [-0.39, 0.29) is 11.0 Å². The van der Waals surface area contributed by atoms with E-state index < -0.39 is 0 Å². The van der Waals surface area contributed by atoms with Crippen LogP contribution in [0.3, 0.4) is 0 Å². The minimum atomic E-state index is -0.315. The molecule has 0 aliphatic rings. The van der Waals surface area contributed by atoms with E-state index in [1.807, 2.05) is 0 Å². The number of hydrogen-bond acceptors (Lipinski definition) is 5. The molecule has 2 rings (SSSR count). The van der Waals surface area contributed by atoms with Gasteiger partial charge in [-0.2, -0.15) is 4.98 Å². The second-order valence-electron chi connectivity index (χ2n) is 3.17. The summed E-state index contributed by atoms with van der Waals surface area (Å²) in [6.07, 6.45) is 0. The molecule has 2 aromatic rings. The van der Waals surface area contributed by atoms with E-state index in [0.29, 0.717) is 23.0 Å². The molecule has 17 heavy (non-hydrogen) atoms. The lowest BCUT2D eigenvalue weighted by atomic mass is 10.2. The number of nitrogens with zero attached hydrogens (tertiary/aromatic N) is 2. The van der Waals surface area contributed by atoms with Crippen molar-refractivity contribution in [3.63, 3.8) is 0 Å². The van der Waals surface area contributed by atoms with Crippen molar-refractivity contribution in [2.45, 2.75) is 5.75 Å². The predicted octanol–water partition coefficient (Wildman–Crippen LogP) is 2.00. The van der Waals surface area contributed by atoms with Gasteiger partial charge in [0.1, 0.15) is 5.82 Å². The molecule has 0 atom stereocenters. The molecule has 0 saturated carbocycles. The predicted molar refractivity (Wildman–Crippen MR) is 62.9 cm³/mol. The maximum absolute atomic E-state index is 12.7. The van der Waals surface area contributed by atoms with Crippen LogP contribution in [0.15, 0.2) is 28.8 Å². The Morgan fingerprint density at radius 3 is 2.76 bits per heavy atom. The van der Waals surface area contributed by atoms with Gasteiger partial charge in [-0.05, 0) is 24.3 Å². The number of rotatable bonds is 3. The summed E-state index contributed by atoms with van der Waals surface area (Å²) in [7, 11) is 0. The second-order valence-corrected chi connectivity index (χ2v) is 4.19. The molecule has 0 saturated heterocycles. The van der Waals surface area contributed by atoms with Gasteiger partial charge in [0.05, 0.1) is 5.75 Å². The molecule has 1 heterocycles. The van der Waals surface area contributed by atoms with Gasteiger partial charge in [0.2, 0.25) is 11.7 Å². The Kier molecular flexibility index (Phi) is 3.38. The first-order valence-corrected chi connectivity index (χ1v) is 5.69. The molecule has 0 fully saturated rings. The molecule has 3 N–H and O–H groups in total. The summed E-state index contributed by atoms with van der Waals surface area (Å²) in [4.78, 5) is 4.11. The quantitative estimate of drug-likeness (QED) is 0.644. The van der Waals surface area contributed by atoms with Gasteiger partial charge in [-0.3, -0.25) is 5.41 Å². The largest absolute Gasteiger partial charge is 0.379 e. The van der Waals surface area contributed by atoms with Crippen LogP contribution in [0, 0.1) is 11.2 Å². The van der Waals surface area contributed by atoms with Crippen molar-refractivity contribution in [2.75, 3.05) is 0 Å². The summed E-state index contributed by atoms with van der Waals surface area (Å²) in [5.74, 6) is 0.807. The topological polar surface area (TPSA) is 88.8 Å². The maximum atomic E-state index is 12.7. The average molecular weight is 252 g/mol. The molecule has 7 heteroatoms. The van der Waals surface area contributed by atoms with Crippen molar-refractivity contribution in [1.82, 2.24) is 10.1 Å². The molecule has 0 radical (unpaired) electrons. The molecule has 0 spiro atoms. The first-order valence-electron chi connectivity index (χ1n) is 4.70. The van der Waals surface area contributed by atoms with E-state index in [0.717, 1.165) is 11.8 Å². The number of thioether (sulfide) groups is 1. The normalized spacial score (nSPS) is 10.4. The van der Waals surface area contributed by atoms with Gasteiger partial charge in [0, 0.05) is 5.56 Å². The minimum absolute atomic E-state index is 0.00784. The van der Waals surface area contributed by atoms with Gasteiger partial charge in [-0.1, -0.05) is 16.9 Å². The maximum Gasteiger partial charge on any atom is 0.237 e. The number of benzene rings is 1. The molecular formula is C10H9FN4OS. The molecule has 1 aromatic heterocycles.